The van der Waals surface area contributed by atoms with E-state index in [9.17, 15) is 0 Å². The minimum absolute atomic E-state index is 0.461. The molecule has 0 amide bonds. The Labute approximate surface area is 184 Å². The quantitative estimate of drug-likeness (QED) is 0.276. The van der Waals surface area contributed by atoms with Crippen LogP contribution in [0.4, 0.5) is 0 Å². The molecule has 0 spiro atoms. The number of aryl methyl sites for hydroxylation is 2. The first-order valence-corrected chi connectivity index (χ1v) is 11.4. The smallest absolute Gasteiger partial charge is 0.212 e. The monoisotopic (exact) mass is 407 g/mol. The van der Waals surface area contributed by atoms with Crippen LogP contribution in [0.15, 0.2) is 71.3 Å². The van der Waals surface area contributed by atoms with Crippen molar-refractivity contribution in [2.75, 3.05) is 0 Å². The van der Waals surface area contributed by atoms with Crippen molar-refractivity contribution in [2.45, 2.75) is 44.9 Å². The zero-order valence-electron chi connectivity index (χ0n) is 19.2. The Morgan fingerprint density at radius 1 is 0.903 bits per heavy atom. The van der Waals surface area contributed by atoms with Gasteiger partial charge in [-0.3, -0.25) is 0 Å². The van der Waals surface area contributed by atoms with E-state index in [4.69, 9.17) is 5.79 Å². The van der Waals surface area contributed by atoms with Crippen molar-refractivity contribution >= 4 is 32.7 Å². The minimum Gasteiger partial charge on any atom is -0.455 e. The molecule has 154 valence electrons. The number of fused-ring (bicyclic) bond motifs is 5. The maximum Gasteiger partial charge on any atom is 0.212 e. The summed E-state index contributed by atoms with van der Waals surface area (Å²) in [7, 11) is 2.09. The second-order valence-corrected chi connectivity index (χ2v) is 9.00. The molecule has 1 saturated carbocycles. The van der Waals surface area contributed by atoms with Crippen LogP contribution < -0.4 is 4.57 Å². The van der Waals surface area contributed by atoms with E-state index in [0.717, 1.165) is 58.9 Å². The van der Waals surface area contributed by atoms with Gasteiger partial charge in [0.05, 0.1) is 5.56 Å². The first-order chi connectivity index (χ1) is 15.5. The van der Waals surface area contributed by atoms with Crippen molar-refractivity contribution in [2.24, 2.45) is 7.05 Å². The number of furan rings is 1. The molecule has 0 atom stereocenters. The number of rotatable bonds is 2. The van der Waals surface area contributed by atoms with Crippen LogP contribution in [0, 0.1) is 6.92 Å². The molecular formula is C29H28NO+. The number of pyridine rings is 1. The Morgan fingerprint density at radius 3 is 2.61 bits per heavy atom. The number of aromatic nitrogens is 1. The maximum absolute atomic E-state index is 9.10. The van der Waals surface area contributed by atoms with Crippen molar-refractivity contribution in [3.05, 3.63) is 78.0 Å². The molecule has 2 aromatic heterocycles. The molecule has 6 rings (SSSR count). The normalized spacial score (nSPS) is 16.8. The molecule has 0 saturated heterocycles. The van der Waals surface area contributed by atoms with Crippen LogP contribution in [0.1, 0.15) is 50.5 Å². The molecule has 2 heteroatoms. The zero-order valence-corrected chi connectivity index (χ0v) is 18.2. The van der Waals surface area contributed by atoms with Gasteiger partial charge in [-0.1, -0.05) is 49.6 Å². The molecule has 31 heavy (non-hydrogen) atoms. The summed E-state index contributed by atoms with van der Waals surface area (Å²) in [5.41, 5.74) is 6.55. The van der Waals surface area contributed by atoms with Crippen LogP contribution in [0.25, 0.3) is 44.0 Å². The van der Waals surface area contributed by atoms with Gasteiger partial charge in [0.15, 0.2) is 6.20 Å². The van der Waals surface area contributed by atoms with E-state index >= 15 is 0 Å². The van der Waals surface area contributed by atoms with E-state index in [-0.39, 0.29) is 0 Å². The lowest BCUT2D eigenvalue weighted by Gasteiger charge is -2.21. The lowest BCUT2D eigenvalue weighted by atomic mass is 9.84. The molecule has 2 nitrogen and oxygen atoms in total. The summed E-state index contributed by atoms with van der Waals surface area (Å²) in [6.07, 6.45) is 7.58. The van der Waals surface area contributed by atoms with Gasteiger partial charge < -0.3 is 4.42 Å². The van der Waals surface area contributed by atoms with Gasteiger partial charge in [0.25, 0.3) is 0 Å². The lowest BCUT2D eigenvalue weighted by Crippen LogP contribution is -2.31. The summed E-state index contributed by atoms with van der Waals surface area (Å²) >= 11 is 0. The summed E-state index contributed by atoms with van der Waals surface area (Å²) in [6, 6.07) is 21.6. The lowest BCUT2D eigenvalue weighted by molar-refractivity contribution is -0.660. The van der Waals surface area contributed by atoms with Crippen LogP contribution in [0.2, 0.25) is 0 Å². The summed E-state index contributed by atoms with van der Waals surface area (Å²) in [6.45, 7) is 2.18. The highest BCUT2D eigenvalue weighted by molar-refractivity contribution is 6.15. The van der Waals surface area contributed by atoms with Crippen molar-refractivity contribution in [1.29, 1.82) is 0 Å². The van der Waals surface area contributed by atoms with Crippen LogP contribution in [-0.2, 0) is 7.05 Å². The molecule has 0 N–H and O–H groups in total. The van der Waals surface area contributed by atoms with Gasteiger partial charge in [0.2, 0.25) is 5.69 Å². The van der Waals surface area contributed by atoms with Gasteiger partial charge in [-0.25, -0.2) is 4.57 Å². The standard InChI is InChI=1S/C29H28NO/c1-19-16-26-24-13-12-21-10-6-7-11-23(21)29(24)31-28(26)18-25(19)27-17-22(14-15-30(27)2)20-8-4-3-5-9-20/h6-7,10-18,20H,3-5,8-9H2,1-2H3/q+1/i20D. The van der Waals surface area contributed by atoms with Crippen LogP contribution >= 0.6 is 0 Å². The van der Waals surface area contributed by atoms with Crippen molar-refractivity contribution in [1.82, 2.24) is 0 Å². The Kier molecular flexibility index (Phi) is 4.09. The number of hydrogen-bond acceptors (Lipinski definition) is 1. The Morgan fingerprint density at radius 2 is 1.74 bits per heavy atom. The average Bonchev–Trinajstić information content (AvgIpc) is 3.17. The topological polar surface area (TPSA) is 17.0 Å². The van der Waals surface area contributed by atoms with Gasteiger partial charge in [-0.05, 0) is 60.4 Å². The van der Waals surface area contributed by atoms with E-state index in [1.165, 1.54) is 28.3 Å². The van der Waals surface area contributed by atoms with E-state index in [2.05, 4.69) is 85.4 Å². The molecule has 1 aliphatic rings. The summed E-state index contributed by atoms with van der Waals surface area (Å²) < 4.78 is 17.7. The second-order valence-electron chi connectivity index (χ2n) is 9.00. The average molecular weight is 408 g/mol. The van der Waals surface area contributed by atoms with Crippen LogP contribution in [0.3, 0.4) is 0 Å². The third-order valence-corrected chi connectivity index (χ3v) is 7.00. The van der Waals surface area contributed by atoms with Crippen molar-refractivity contribution < 1.29 is 10.4 Å². The molecule has 1 aliphatic carbocycles. The molecule has 5 aromatic rings. The number of nitrogens with zero attached hydrogens (tertiary/aromatic N) is 1. The van der Waals surface area contributed by atoms with Crippen molar-refractivity contribution in [3.63, 3.8) is 0 Å². The van der Waals surface area contributed by atoms with Crippen molar-refractivity contribution in [3.8, 4) is 11.3 Å². The first kappa shape index (κ1) is 17.5. The van der Waals surface area contributed by atoms with Gasteiger partial charge in [0, 0.05) is 29.7 Å². The largest absolute Gasteiger partial charge is 0.455 e. The predicted molar refractivity (Wildman–Crippen MR) is 128 cm³/mol. The highest BCUT2D eigenvalue weighted by atomic mass is 16.3. The predicted octanol–water partition coefficient (Wildman–Crippen LogP) is 7.59. The number of benzene rings is 3. The number of hydrogen-bond donors (Lipinski definition) is 0. The third kappa shape index (κ3) is 3.05. The summed E-state index contributed by atoms with van der Waals surface area (Å²) in [5, 5.41) is 4.68. The van der Waals surface area contributed by atoms with E-state index < -0.39 is 5.89 Å². The molecular weight excluding hydrogens is 378 g/mol. The molecule has 0 bridgehead atoms. The summed E-state index contributed by atoms with van der Waals surface area (Å²) in [5.74, 6) is -0.461. The van der Waals surface area contributed by atoms with Gasteiger partial charge in [-0.15, -0.1) is 0 Å². The highest BCUT2D eigenvalue weighted by Gasteiger charge is 2.21. The SMILES string of the molecule is [2H]C1(c2cc[n+](C)c(-c3cc4oc5c6ccccc6ccc5c4cc3C)c2)CCCCC1. The fraction of sp³-hybridized carbons (Fsp3) is 0.276. The Hall–Kier alpha value is -3.13. The van der Waals surface area contributed by atoms with Crippen LogP contribution in [0.5, 0.6) is 0 Å². The Bertz CT molecular complexity index is 1490. The summed E-state index contributed by atoms with van der Waals surface area (Å²) in [4.78, 5) is 0. The molecule has 1 fully saturated rings. The third-order valence-electron chi connectivity index (χ3n) is 7.00. The van der Waals surface area contributed by atoms with E-state index in [1.54, 1.807) is 0 Å². The highest BCUT2D eigenvalue weighted by Crippen LogP contribution is 2.38. The van der Waals surface area contributed by atoms with Gasteiger partial charge >= 0.3 is 0 Å². The first-order valence-electron chi connectivity index (χ1n) is 11.9. The maximum atomic E-state index is 9.10. The molecule has 3 aromatic carbocycles. The minimum atomic E-state index is -0.461. The van der Waals surface area contributed by atoms with E-state index in [0.29, 0.717) is 0 Å². The fourth-order valence-electron chi connectivity index (χ4n) is 5.26. The molecule has 0 unspecified atom stereocenters. The van der Waals surface area contributed by atoms with E-state index in [1.807, 2.05) is 0 Å². The van der Waals surface area contributed by atoms with Gasteiger partial charge in [-0.2, -0.15) is 0 Å². The zero-order chi connectivity index (χ0) is 21.9. The molecule has 2 heterocycles. The second kappa shape index (κ2) is 7.23. The fourth-order valence-corrected chi connectivity index (χ4v) is 5.26. The molecule has 0 radical (unpaired) electrons. The molecule has 0 aliphatic heterocycles. The van der Waals surface area contributed by atoms with Crippen LogP contribution in [-0.4, -0.2) is 0 Å². The van der Waals surface area contributed by atoms with Gasteiger partial charge in [0.1, 0.15) is 18.2 Å². The Balaban J connectivity index is 1.55.